The molecule has 0 radical (unpaired) electrons. The highest BCUT2D eigenvalue weighted by molar-refractivity contribution is 8.76. The molecule has 7 N–H and O–H groups in total. The normalized spacial score (nSPS) is 51.5. The summed E-state index contributed by atoms with van der Waals surface area (Å²) in [5.74, 6) is -0.493. The number of ketones is 1. The quantitative estimate of drug-likeness (QED) is 0.0928. The van der Waals surface area contributed by atoms with Gasteiger partial charge in [-0.2, -0.15) is 0 Å². The van der Waals surface area contributed by atoms with E-state index in [-0.39, 0.29) is 66.7 Å². The van der Waals surface area contributed by atoms with E-state index >= 15 is 9.59 Å². The third kappa shape index (κ3) is 5.56. The number of aliphatic hydroxyl groups excluding tert-OH is 4. The third-order valence-electron chi connectivity index (χ3n) is 22.4. The maximum atomic E-state index is 16.1. The van der Waals surface area contributed by atoms with Crippen molar-refractivity contribution < 1.29 is 50.1 Å². The molecule has 19 unspecified atom stereocenters. The van der Waals surface area contributed by atoms with Crippen LogP contribution in [0.5, 0.6) is 5.75 Å². The summed E-state index contributed by atoms with van der Waals surface area (Å²) in [5, 5.41) is 87.1. The van der Waals surface area contributed by atoms with Crippen molar-refractivity contribution in [1.29, 1.82) is 0 Å². The fourth-order valence-electron chi connectivity index (χ4n) is 19.1. The molecule has 7 fully saturated rings. The number of nitrogens with zero attached hydrogens (tertiary/aromatic N) is 1. The molecule has 13 aliphatic rings. The van der Waals surface area contributed by atoms with Gasteiger partial charge in [0.2, 0.25) is 5.91 Å². The van der Waals surface area contributed by atoms with E-state index in [0.717, 1.165) is 37.7 Å². The van der Waals surface area contributed by atoms with E-state index in [9.17, 15) is 35.7 Å². The Hall–Kier alpha value is -2.20. The molecule has 5 aliphatic heterocycles. The number of carbonyl (C=O) groups excluding carboxylic acids is 2. The van der Waals surface area contributed by atoms with Gasteiger partial charge < -0.3 is 45.4 Å². The average Bonchev–Trinajstić information content (AvgIpc) is 3.83. The summed E-state index contributed by atoms with van der Waals surface area (Å²) in [7, 11) is 2.71. The highest BCUT2D eigenvalue weighted by Gasteiger charge is 2.80. The highest BCUT2D eigenvalue weighted by atomic mass is 33.1. The van der Waals surface area contributed by atoms with Gasteiger partial charge in [-0.3, -0.25) is 9.59 Å². The summed E-state index contributed by atoms with van der Waals surface area (Å²) in [6.45, 7) is 8.82. The number of epoxide rings is 1. The summed E-state index contributed by atoms with van der Waals surface area (Å²) in [4.78, 5) is 33.6. The van der Waals surface area contributed by atoms with Gasteiger partial charge in [0.15, 0.2) is 5.78 Å². The van der Waals surface area contributed by atoms with Crippen LogP contribution >= 0.6 is 21.6 Å². The van der Waals surface area contributed by atoms with Gasteiger partial charge in [-0.05, 0) is 147 Å². The first-order chi connectivity index (χ1) is 32.3. The standard InChI is InChI=1S/C55H73NO10S2/c1-30(2)31(3)44-45(66-44)53(64)16-7-9-34-22-38-39-24-43(61)52(26-41(60)40(59)25-48(38,52)4)47(63)68-67-27-35-10-5-14-49(29-57)17-12-33-8-6-15-50(33)28-56(46(62)55(35,49)50)36-20-32(21-37(58)23-36)11-18-51(34)42(53)13-19-54(39,51)65/h7,9,12,17,20-21,23-24,30-31,33-35,38,40-42,44-45,47,57-60,63-65H,5-6,8,10-11,13-16,18-19,22,25-29H2,1-4H3. The molecule has 2 saturated heterocycles. The number of ether oxygens (including phenoxy) is 1. The first kappa shape index (κ1) is 46.8. The number of phenols is 1. The lowest BCUT2D eigenvalue weighted by Gasteiger charge is -2.67. The average molecular weight is 972 g/mol. The molecular formula is C55H73NO10S2. The Morgan fingerprint density at radius 1 is 0.926 bits per heavy atom. The molecule has 13 heteroatoms. The van der Waals surface area contributed by atoms with Gasteiger partial charge in [-0.25, -0.2) is 0 Å². The molecule has 1 aromatic carbocycles. The van der Waals surface area contributed by atoms with E-state index in [1.54, 1.807) is 18.2 Å². The van der Waals surface area contributed by atoms with Crippen LogP contribution in [0.15, 0.2) is 54.2 Å². The molecular weight excluding hydrogens is 899 g/mol. The zero-order chi connectivity index (χ0) is 47.8. The maximum absolute atomic E-state index is 16.1. The third-order valence-corrected chi connectivity index (χ3v) is 25.1. The van der Waals surface area contributed by atoms with Crippen LogP contribution in [0.2, 0.25) is 0 Å². The molecule has 0 aromatic heterocycles. The van der Waals surface area contributed by atoms with E-state index in [1.807, 2.05) is 17.9 Å². The molecule has 5 saturated carbocycles. The fraction of sp³-hybridized carbons (Fsp3) is 0.745. The number of carbonyl (C=O) groups is 2. The molecule has 19 atom stereocenters. The second-order valence-corrected chi connectivity index (χ2v) is 27.2. The van der Waals surface area contributed by atoms with Crippen molar-refractivity contribution in [2.24, 2.45) is 73.9 Å². The maximum Gasteiger partial charge on any atom is 0.235 e. The van der Waals surface area contributed by atoms with Crippen molar-refractivity contribution in [2.75, 3.05) is 23.8 Å². The highest BCUT2D eigenvalue weighted by Crippen LogP contribution is 2.78. The Balaban J connectivity index is 1.06. The monoisotopic (exact) mass is 971 g/mol. The van der Waals surface area contributed by atoms with E-state index < -0.39 is 79.3 Å². The fourth-order valence-corrected chi connectivity index (χ4v) is 22.1. The lowest BCUT2D eigenvalue weighted by Crippen LogP contribution is -2.70. The van der Waals surface area contributed by atoms with Gasteiger partial charge in [-0.1, -0.05) is 86.4 Å². The number of fused-ring (bicyclic) bond motifs is 1. The number of hydrogen-bond donors (Lipinski definition) is 7. The van der Waals surface area contributed by atoms with Gasteiger partial charge >= 0.3 is 0 Å². The number of amides is 1. The topological polar surface area (TPSA) is 192 Å². The summed E-state index contributed by atoms with van der Waals surface area (Å²) < 4.78 is 6.52. The molecule has 68 heavy (non-hydrogen) atoms. The molecule has 8 bridgehead atoms. The Morgan fingerprint density at radius 2 is 1.71 bits per heavy atom. The second-order valence-electron chi connectivity index (χ2n) is 24.7. The van der Waals surface area contributed by atoms with Crippen molar-refractivity contribution in [3.63, 3.8) is 0 Å². The predicted octanol–water partition coefficient (Wildman–Crippen LogP) is 7.04. The molecule has 1 amide bonds. The molecule has 8 aliphatic carbocycles. The second kappa shape index (κ2) is 15.4. The lowest BCUT2D eigenvalue weighted by atomic mass is 9.39. The van der Waals surface area contributed by atoms with Gasteiger partial charge in [-0.15, -0.1) is 0 Å². The van der Waals surface area contributed by atoms with Crippen LogP contribution in [0.1, 0.15) is 117 Å². The minimum Gasteiger partial charge on any atom is -0.508 e. The first-order valence-corrected chi connectivity index (χ1v) is 28.5. The van der Waals surface area contributed by atoms with Gasteiger partial charge in [0.05, 0.1) is 41.3 Å². The number of aliphatic hydroxyl groups is 6. The Morgan fingerprint density at radius 3 is 2.49 bits per heavy atom. The number of rotatable bonds is 4. The van der Waals surface area contributed by atoms with Gasteiger partial charge in [0.1, 0.15) is 22.9 Å². The minimum absolute atomic E-state index is 0.0123. The number of aryl methyl sites for hydroxylation is 1. The molecule has 1 aromatic rings. The number of aromatic hydroxyl groups is 1. The Kier molecular flexibility index (Phi) is 10.6. The number of phenolic OH excluding ortho intramolecular Hbond substituents is 1. The summed E-state index contributed by atoms with van der Waals surface area (Å²) in [6.07, 6.45) is 14.8. The van der Waals surface area contributed by atoms with Crippen LogP contribution in [0, 0.1) is 73.9 Å². The first-order valence-electron chi connectivity index (χ1n) is 26.2. The van der Waals surface area contributed by atoms with Gasteiger partial charge in [0, 0.05) is 46.2 Å². The van der Waals surface area contributed by atoms with Crippen molar-refractivity contribution >= 4 is 39.0 Å². The SMILES string of the molecule is CC(C)C(C)C1OC1C1(O)CC=CC2CC3C4=CC(=O)C5(CC(O)C(O)CC35C)C(O)SSCC3CCCC5(CO)C=CC6CCCC67CN(C(=O)C357)c3cc(O)cc(c3)CCC23C1CCC43O. The van der Waals surface area contributed by atoms with Crippen molar-refractivity contribution in [3.8, 4) is 5.75 Å². The smallest absolute Gasteiger partial charge is 0.235 e. The van der Waals surface area contributed by atoms with Crippen LogP contribution in [0.25, 0.3) is 0 Å². The lowest BCUT2D eigenvalue weighted by molar-refractivity contribution is -0.206. The molecule has 14 rings (SSSR count). The summed E-state index contributed by atoms with van der Waals surface area (Å²) in [5.41, 5.74) is -7.93. The largest absolute Gasteiger partial charge is 0.508 e. The predicted molar refractivity (Wildman–Crippen MR) is 261 cm³/mol. The Bertz CT molecular complexity index is 2390. The molecule has 4 spiro atoms. The number of allylic oxidation sites excluding steroid dienone is 3. The van der Waals surface area contributed by atoms with Crippen molar-refractivity contribution in [3.05, 3.63) is 59.7 Å². The van der Waals surface area contributed by atoms with Crippen molar-refractivity contribution in [2.45, 2.75) is 159 Å². The molecule has 11 nitrogen and oxygen atoms in total. The number of hydrogen-bond acceptors (Lipinski definition) is 12. The number of benzene rings is 1. The summed E-state index contributed by atoms with van der Waals surface area (Å²) in [6, 6.07) is 5.53. The van der Waals surface area contributed by atoms with E-state index in [4.69, 9.17) is 4.74 Å². The van der Waals surface area contributed by atoms with Gasteiger partial charge in [0.25, 0.3) is 0 Å². The van der Waals surface area contributed by atoms with E-state index in [2.05, 4.69) is 45.1 Å². The summed E-state index contributed by atoms with van der Waals surface area (Å²) >= 11 is 0. The van der Waals surface area contributed by atoms with Crippen LogP contribution in [0.3, 0.4) is 0 Å². The van der Waals surface area contributed by atoms with Crippen LogP contribution < -0.4 is 4.90 Å². The van der Waals surface area contributed by atoms with Crippen LogP contribution in [0.4, 0.5) is 5.69 Å². The minimum atomic E-state index is -1.57. The zero-order valence-corrected chi connectivity index (χ0v) is 41.8. The molecule has 370 valence electrons. The molecule has 5 heterocycles. The van der Waals surface area contributed by atoms with Crippen molar-refractivity contribution in [1.82, 2.24) is 0 Å². The van der Waals surface area contributed by atoms with Crippen LogP contribution in [-0.4, -0.2) is 107 Å². The van der Waals surface area contributed by atoms with Crippen LogP contribution in [-0.2, 0) is 20.7 Å². The zero-order valence-electron chi connectivity index (χ0n) is 40.2. The Labute approximate surface area is 409 Å². The van der Waals surface area contributed by atoms with E-state index in [0.29, 0.717) is 74.4 Å². The number of anilines is 1. The van der Waals surface area contributed by atoms with E-state index in [1.165, 1.54) is 21.6 Å².